The van der Waals surface area contributed by atoms with Crippen molar-refractivity contribution in [3.8, 4) is 0 Å². The van der Waals surface area contributed by atoms with E-state index in [2.05, 4.69) is 15.7 Å². The molecule has 1 fully saturated rings. The zero-order valence-electron chi connectivity index (χ0n) is 9.57. The summed E-state index contributed by atoms with van der Waals surface area (Å²) in [6, 6.07) is 0. The van der Waals surface area contributed by atoms with Gasteiger partial charge in [-0.2, -0.15) is 5.10 Å². The van der Waals surface area contributed by atoms with E-state index in [0.717, 1.165) is 31.6 Å². The van der Waals surface area contributed by atoms with Crippen molar-refractivity contribution in [1.82, 2.24) is 20.4 Å². The number of aliphatic hydroxyl groups excluding tert-OH is 1. The minimum atomic E-state index is -0.367. The van der Waals surface area contributed by atoms with E-state index < -0.39 is 0 Å². The number of hydrogen-bond acceptors (Lipinski definition) is 4. The number of aromatic nitrogens is 2. The first-order valence-electron chi connectivity index (χ1n) is 5.93. The van der Waals surface area contributed by atoms with Crippen LogP contribution in [0.25, 0.3) is 0 Å². The highest BCUT2D eigenvalue weighted by Gasteiger charge is 2.44. The summed E-state index contributed by atoms with van der Waals surface area (Å²) >= 11 is 0. The Morgan fingerprint density at radius 2 is 2.47 bits per heavy atom. The second-order valence-electron chi connectivity index (χ2n) is 4.80. The molecule has 92 valence electrons. The predicted molar refractivity (Wildman–Crippen MR) is 60.5 cm³/mol. The number of rotatable bonds is 3. The minimum absolute atomic E-state index is 0.0143. The van der Waals surface area contributed by atoms with Gasteiger partial charge >= 0.3 is 0 Å². The molecule has 17 heavy (non-hydrogen) atoms. The van der Waals surface area contributed by atoms with Crippen molar-refractivity contribution < 1.29 is 9.90 Å². The second-order valence-corrected chi connectivity index (χ2v) is 4.80. The molecule has 1 amide bonds. The van der Waals surface area contributed by atoms with Crippen molar-refractivity contribution in [2.45, 2.75) is 31.5 Å². The average molecular weight is 236 g/mol. The van der Waals surface area contributed by atoms with E-state index in [1.165, 1.54) is 0 Å². The maximum absolute atomic E-state index is 12.1. The summed E-state index contributed by atoms with van der Waals surface area (Å²) in [7, 11) is 0. The van der Waals surface area contributed by atoms with E-state index in [9.17, 15) is 9.90 Å². The Hall–Kier alpha value is -1.40. The number of amides is 1. The Morgan fingerprint density at radius 1 is 1.65 bits per heavy atom. The lowest BCUT2D eigenvalue weighted by molar-refractivity contribution is 0.0905. The van der Waals surface area contributed by atoms with Crippen LogP contribution in [0.1, 0.15) is 28.9 Å². The number of fused-ring (bicyclic) bond motifs is 1. The quantitative estimate of drug-likeness (QED) is 0.644. The van der Waals surface area contributed by atoms with E-state index in [1.54, 1.807) is 6.20 Å². The summed E-state index contributed by atoms with van der Waals surface area (Å²) < 4.78 is 1.87. The molecule has 1 aliphatic carbocycles. The van der Waals surface area contributed by atoms with E-state index in [-0.39, 0.29) is 18.1 Å². The Balaban J connectivity index is 1.79. The molecule has 1 aliphatic heterocycles. The van der Waals surface area contributed by atoms with E-state index in [4.69, 9.17) is 0 Å². The zero-order chi connectivity index (χ0) is 11.9. The first-order chi connectivity index (χ1) is 8.24. The molecule has 3 N–H and O–H groups in total. The Labute approximate surface area is 99.0 Å². The summed E-state index contributed by atoms with van der Waals surface area (Å²) in [5.74, 6) is -0.124. The van der Waals surface area contributed by atoms with Gasteiger partial charge in [0.15, 0.2) is 0 Å². The van der Waals surface area contributed by atoms with Gasteiger partial charge < -0.3 is 15.7 Å². The molecule has 0 bridgehead atoms. The molecule has 0 aromatic carbocycles. The fourth-order valence-electron chi connectivity index (χ4n) is 2.15. The number of aliphatic hydroxyl groups is 1. The minimum Gasteiger partial charge on any atom is -0.394 e. The molecule has 1 aromatic rings. The number of carbonyl (C=O) groups is 1. The van der Waals surface area contributed by atoms with Gasteiger partial charge in [-0.15, -0.1) is 0 Å². The Bertz CT molecular complexity index is 450. The third-order valence-corrected chi connectivity index (χ3v) is 3.52. The van der Waals surface area contributed by atoms with E-state index >= 15 is 0 Å². The molecule has 0 radical (unpaired) electrons. The van der Waals surface area contributed by atoms with Gasteiger partial charge in [0.05, 0.1) is 36.1 Å². The molecule has 2 aliphatic rings. The number of carbonyl (C=O) groups excluding carboxylic acids is 1. The van der Waals surface area contributed by atoms with Gasteiger partial charge in [-0.1, -0.05) is 0 Å². The number of nitrogens with zero attached hydrogens (tertiary/aromatic N) is 2. The number of hydrogen-bond donors (Lipinski definition) is 3. The van der Waals surface area contributed by atoms with Gasteiger partial charge in [-0.3, -0.25) is 9.48 Å². The Morgan fingerprint density at radius 3 is 3.18 bits per heavy atom. The van der Waals surface area contributed by atoms with Crippen LogP contribution in [0.3, 0.4) is 0 Å². The molecule has 2 heterocycles. The lowest BCUT2D eigenvalue weighted by Gasteiger charge is -2.17. The van der Waals surface area contributed by atoms with Crippen LogP contribution in [-0.2, 0) is 13.1 Å². The summed E-state index contributed by atoms with van der Waals surface area (Å²) in [5.41, 5.74) is 1.19. The van der Waals surface area contributed by atoms with Gasteiger partial charge in [-0.05, 0) is 12.8 Å². The first kappa shape index (κ1) is 10.7. The third kappa shape index (κ3) is 1.83. The normalized spacial score (nSPS) is 20.8. The highest BCUT2D eigenvalue weighted by molar-refractivity contribution is 5.95. The topological polar surface area (TPSA) is 79.2 Å². The molecule has 1 aromatic heterocycles. The second kappa shape index (κ2) is 3.82. The summed E-state index contributed by atoms with van der Waals surface area (Å²) in [6.07, 6.45) is 3.33. The van der Waals surface area contributed by atoms with Crippen molar-refractivity contribution in [3.05, 3.63) is 17.5 Å². The largest absolute Gasteiger partial charge is 0.394 e. The highest BCUT2D eigenvalue weighted by Crippen LogP contribution is 2.34. The number of nitrogens with one attached hydrogen (secondary N) is 2. The molecule has 0 atom stereocenters. The van der Waals surface area contributed by atoms with Crippen LogP contribution in [0.2, 0.25) is 0 Å². The van der Waals surface area contributed by atoms with Crippen molar-refractivity contribution in [1.29, 1.82) is 0 Å². The fourth-order valence-corrected chi connectivity index (χ4v) is 2.15. The van der Waals surface area contributed by atoms with Crippen LogP contribution in [0.15, 0.2) is 6.20 Å². The first-order valence-corrected chi connectivity index (χ1v) is 5.93. The average Bonchev–Trinajstić information content (AvgIpc) is 2.99. The lowest BCUT2D eigenvalue weighted by Crippen LogP contribution is -2.40. The van der Waals surface area contributed by atoms with Crippen molar-refractivity contribution in [2.75, 3.05) is 13.2 Å². The van der Waals surface area contributed by atoms with E-state index in [1.807, 2.05) is 4.68 Å². The summed E-state index contributed by atoms with van der Waals surface area (Å²) in [6.45, 7) is 2.37. The third-order valence-electron chi connectivity index (χ3n) is 3.52. The maximum atomic E-state index is 12.1. The molecule has 3 rings (SSSR count). The van der Waals surface area contributed by atoms with Crippen molar-refractivity contribution in [2.24, 2.45) is 0 Å². The van der Waals surface area contributed by atoms with E-state index in [0.29, 0.717) is 12.1 Å². The van der Waals surface area contributed by atoms with Gasteiger partial charge in [0.2, 0.25) is 0 Å². The van der Waals surface area contributed by atoms with Crippen LogP contribution in [-0.4, -0.2) is 39.5 Å². The summed E-state index contributed by atoms with van der Waals surface area (Å²) in [4.78, 5) is 12.1. The smallest absolute Gasteiger partial charge is 0.255 e. The summed E-state index contributed by atoms with van der Waals surface area (Å²) in [5, 5.41) is 19.5. The molecule has 0 unspecified atom stereocenters. The van der Waals surface area contributed by atoms with Gasteiger partial charge in [-0.25, -0.2) is 0 Å². The molecule has 6 heteroatoms. The maximum Gasteiger partial charge on any atom is 0.255 e. The van der Waals surface area contributed by atoms with Crippen LogP contribution in [0.4, 0.5) is 0 Å². The molecule has 0 spiro atoms. The molecular weight excluding hydrogens is 220 g/mol. The van der Waals surface area contributed by atoms with Crippen LogP contribution in [0.5, 0.6) is 0 Å². The van der Waals surface area contributed by atoms with Crippen LogP contribution < -0.4 is 10.6 Å². The monoisotopic (exact) mass is 236 g/mol. The van der Waals surface area contributed by atoms with Crippen molar-refractivity contribution >= 4 is 5.91 Å². The zero-order valence-corrected chi connectivity index (χ0v) is 9.57. The van der Waals surface area contributed by atoms with Gasteiger partial charge in [0, 0.05) is 13.1 Å². The van der Waals surface area contributed by atoms with Crippen LogP contribution >= 0.6 is 0 Å². The fraction of sp³-hybridized carbons (Fsp3) is 0.636. The lowest BCUT2D eigenvalue weighted by atomic mass is 10.2. The van der Waals surface area contributed by atoms with Crippen molar-refractivity contribution in [3.63, 3.8) is 0 Å². The SMILES string of the molecule is O=C(NC1(CO)CC1)c1cnn2c1CNCC2. The molecule has 0 saturated heterocycles. The van der Waals surface area contributed by atoms with Crippen LogP contribution in [0, 0.1) is 0 Å². The van der Waals surface area contributed by atoms with Gasteiger partial charge in [0.1, 0.15) is 0 Å². The standard InChI is InChI=1S/C11H16N4O2/c16-7-11(1-2-11)14-10(17)8-5-13-15-4-3-12-6-9(8)15/h5,12,16H,1-4,6-7H2,(H,14,17). The molecule has 6 nitrogen and oxygen atoms in total. The van der Waals surface area contributed by atoms with Gasteiger partial charge in [0.25, 0.3) is 5.91 Å². The molecule has 1 saturated carbocycles. The predicted octanol–water partition coefficient (Wildman–Crippen LogP) is -0.759. The highest BCUT2D eigenvalue weighted by atomic mass is 16.3. The molecular formula is C11H16N4O2. The Kier molecular flexibility index (Phi) is 2.41.